The maximum Gasteiger partial charge on any atom is 0.328 e. The van der Waals surface area contributed by atoms with E-state index in [0.29, 0.717) is 0 Å². The van der Waals surface area contributed by atoms with Gasteiger partial charge in [-0.05, 0) is 42.5 Å². The van der Waals surface area contributed by atoms with Gasteiger partial charge in [0.15, 0.2) is 0 Å². The monoisotopic (exact) mass is 279 g/mol. The average molecular weight is 279 g/mol. The first-order valence-corrected chi connectivity index (χ1v) is 7.79. The fraction of sp³-hybridized carbons (Fsp3) is 0.533. The molecule has 1 aromatic rings. The quantitative estimate of drug-likeness (QED) is 0.809. The maximum atomic E-state index is 10.5. The van der Waals surface area contributed by atoms with Gasteiger partial charge in [-0.2, -0.15) is 0 Å². The van der Waals surface area contributed by atoms with Gasteiger partial charge in [0.1, 0.15) is 0 Å². The van der Waals surface area contributed by atoms with Crippen LogP contribution in [0, 0.1) is 0 Å². The number of carbonyl (C=O) groups is 1. The maximum absolute atomic E-state index is 10.5. The number of aliphatic carboxylic acids is 1. The van der Waals surface area contributed by atoms with Gasteiger partial charge in [-0.25, -0.2) is 4.79 Å². The zero-order valence-corrected chi connectivity index (χ0v) is 12.2. The molecule has 1 N–H and O–H groups in total. The van der Waals surface area contributed by atoms with Crippen LogP contribution in [0.5, 0.6) is 0 Å². The normalized spacial score (nSPS) is 16.7. The molecule has 0 bridgehead atoms. The van der Waals surface area contributed by atoms with Crippen LogP contribution in [0.3, 0.4) is 0 Å². The fourth-order valence-electron chi connectivity index (χ4n) is 2.70. The number of nitrogens with zero attached hydrogens (tertiary/aromatic N) is 1. The minimum Gasteiger partial charge on any atom is -0.478 e. The highest BCUT2D eigenvalue weighted by molar-refractivity contribution is 7.10. The van der Waals surface area contributed by atoms with Crippen LogP contribution in [0.2, 0.25) is 0 Å². The van der Waals surface area contributed by atoms with Crippen LogP contribution in [0.4, 0.5) is 0 Å². The van der Waals surface area contributed by atoms with Crippen molar-refractivity contribution in [2.75, 3.05) is 6.54 Å². The molecule has 4 heteroatoms. The van der Waals surface area contributed by atoms with Gasteiger partial charge in [0.05, 0.1) is 0 Å². The zero-order chi connectivity index (χ0) is 13.7. The predicted molar refractivity (Wildman–Crippen MR) is 79.3 cm³/mol. The van der Waals surface area contributed by atoms with Gasteiger partial charge in [-0.15, -0.1) is 11.3 Å². The lowest BCUT2D eigenvalue weighted by Crippen LogP contribution is -2.32. The van der Waals surface area contributed by atoms with Crippen molar-refractivity contribution >= 4 is 23.4 Å². The van der Waals surface area contributed by atoms with Crippen LogP contribution in [-0.4, -0.2) is 28.6 Å². The van der Waals surface area contributed by atoms with Crippen molar-refractivity contribution in [1.29, 1.82) is 0 Å². The van der Waals surface area contributed by atoms with Gasteiger partial charge in [-0.1, -0.05) is 19.8 Å². The Morgan fingerprint density at radius 1 is 1.53 bits per heavy atom. The lowest BCUT2D eigenvalue weighted by molar-refractivity contribution is -0.131. The van der Waals surface area contributed by atoms with Crippen molar-refractivity contribution in [2.24, 2.45) is 0 Å². The van der Waals surface area contributed by atoms with Crippen LogP contribution in [0.15, 0.2) is 17.5 Å². The lowest BCUT2D eigenvalue weighted by atomic mass is 10.2. The molecule has 3 nitrogen and oxygen atoms in total. The Morgan fingerprint density at radius 2 is 2.26 bits per heavy atom. The second-order valence-corrected chi connectivity index (χ2v) is 6.02. The van der Waals surface area contributed by atoms with Gasteiger partial charge in [0.2, 0.25) is 0 Å². The first-order valence-electron chi connectivity index (χ1n) is 6.91. The summed E-state index contributed by atoms with van der Waals surface area (Å²) < 4.78 is 0. The molecule has 1 aliphatic carbocycles. The lowest BCUT2D eigenvalue weighted by Gasteiger charge is -2.26. The molecule has 1 saturated carbocycles. The van der Waals surface area contributed by atoms with E-state index in [2.05, 4.69) is 17.9 Å². The van der Waals surface area contributed by atoms with Crippen LogP contribution >= 0.6 is 11.3 Å². The van der Waals surface area contributed by atoms with Crippen molar-refractivity contribution in [3.63, 3.8) is 0 Å². The molecule has 0 aliphatic heterocycles. The van der Waals surface area contributed by atoms with E-state index in [1.165, 1.54) is 36.6 Å². The standard InChI is InChI=1S/C15H21NO2S/c1-2-16(13-5-3-4-6-13)10-14-9-12(11-19-14)7-8-15(17)18/h7-9,11,13H,2-6,10H2,1H3,(H,17,18). The van der Waals surface area contributed by atoms with E-state index in [0.717, 1.165) is 24.7 Å². The van der Waals surface area contributed by atoms with E-state index in [9.17, 15) is 4.79 Å². The number of carboxylic acid groups (broad SMARTS) is 1. The number of carboxylic acids is 1. The summed E-state index contributed by atoms with van der Waals surface area (Å²) in [5.41, 5.74) is 0.991. The Labute approximate surface area is 118 Å². The summed E-state index contributed by atoms with van der Waals surface area (Å²) in [6.07, 6.45) is 8.22. The topological polar surface area (TPSA) is 40.5 Å². The Bertz CT molecular complexity index is 447. The SMILES string of the molecule is CCN(Cc1cc(C=CC(=O)O)cs1)C1CCCC1. The minimum absolute atomic E-state index is 0.741. The molecule has 19 heavy (non-hydrogen) atoms. The second kappa shape index (κ2) is 6.87. The van der Waals surface area contributed by atoms with E-state index in [-0.39, 0.29) is 0 Å². The molecular weight excluding hydrogens is 258 g/mol. The van der Waals surface area contributed by atoms with Gasteiger partial charge in [0.25, 0.3) is 0 Å². The van der Waals surface area contributed by atoms with Crippen LogP contribution in [0.1, 0.15) is 43.0 Å². The summed E-state index contributed by atoms with van der Waals surface area (Å²) in [6, 6.07) is 2.84. The van der Waals surface area contributed by atoms with Crippen molar-refractivity contribution in [1.82, 2.24) is 4.90 Å². The Kier molecular flexibility index (Phi) is 5.16. The fourth-order valence-corrected chi connectivity index (χ4v) is 3.58. The predicted octanol–water partition coefficient (Wildman–Crippen LogP) is 3.61. The third-order valence-corrected chi connectivity index (χ3v) is 4.64. The molecule has 0 radical (unpaired) electrons. The summed E-state index contributed by atoms with van der Waals surface area (Å²) in [5, 5.41) is 10.6. The summed E-state index contributed by atoms with van der Waals surface area (Å²) in [5.74, 6) is -0.895. The first-order chi connectivity index (χ1) is 9.19. The van der Waals surface area contributed by atoms with Gasteiger partial charge in [0, 0.05) is 23.5 Å². The highest BCUT2D eigenvalue weighted by atomic mass is 32.1. The van der Waals surface area contributed by atoms with Crippen molar-refractivity contribution < 1.29 is 9.90 Å². The molecule has 104 valence electrons. The molecule has 1 aliphatic rings. The molecule has 0 aromatic carbocycles. The van der Waals surface area contributed by atoms with E-state index >= 15 is 0 Å². The molecule has 2 rings (SSSR count). The summed E-state index contributed by atoms with van der Waals surface area (Å²) >= 11 is 1.72. The number of hydrogen-bond donors (Lipinski definition) is 1. The molecule has 1 aromatic heterocycles. The van der Waals surface area contributed by atoms with E-state index in [1.807, 2.05) is 5.38 Å². The third kappa shape index (κ3) is 4.18. The van der Waals surface area contributed by atoms with E-state index in [1.54, 1.807) is 17.4 Å². The molecule has 0 unspecified atom stereocenters. The Morgan fingerprint density at radius 3 is 2.89 bits per heavy atom. The number of hydrogen-bond acceptors (Lipinski definition) is 3. The largest absolute Gasteiger partial charge is 0.478 e. The molecular formula is C15H21NO2S. The van der Waals surface area contributed by atoms with Gasteiger partial charge < -0.3 is 5.11 Å². The van der Waals surface area contributed by atoms with Gasteiger partial charge >= 0.3 is 5.97 Å². The van der Waals surface area contributed by atoms with E-state index < -0.39 is 5.97 Å². The minimum atomic E-state index is -0.895. The molecule has 0 atom stereocenters. The number of rotatable bonds is 6. The third-order valence-electron chi connectivity index (χ3n) is 3.70. The first kappa shape index (κ1) is 14.3. The second-order valence-electron chi connectivity index (χ2n) is 5.02. The molecule has 0 saturated heterocycles. The van der Waals surface area contributed by atoms with Crippen molar-refractivity contribution in [2.45, 2.75) is 45.2 Å². The van der Waals surface area contributed by atoms with E-state index in [4.69, 9.17) is 5.11 Å². The Hall–Kier alpha value is -1.13. The molecule has 0 spiro atoms. The van der Waals surface area contributed by atoms with Crippen LogP contribution in [-0.2, 0) is 11.3 Å². The molecule has 0 amide bonds. The average Bonchev–Trinajstić information content (AvgIpc) is 3.05. The Balaban J connectivity index is 1.96. The zero-order valence-electron chi connectivity index (χ0n) is 11.3. The van der Waals surface area contributed by atoms with Gasteiger partial charge in [-0.3, -0.25) is 4.90 Å². The van der Waals surface area contributed by atoms with Crippen molar-refractivity contribution in [3.05, 3.63) is 28.0 Å². The van der Waals surface area contributed by atoms with Crippen LogP contribution in [0.25, 0.3) is 6.08 Å². The number of thiophene rings is 1. The summed E-state index contributed by atoms with van der Waals surface area (Å²) in [7, 11) is 0. The van der Waals surface area contributed by atoms with Crippen LogP contribution < -0.4 is 0 Å². The highest BCUT2D eigenvalue weighted by Crippen LogP contribution is 2.26. The highest BCUT2D eigenvalue weighted by Gasteiger charge is 2.21. The summed E-state index contributed by atoms with van der Waals surface area (Å²) in [4.78, 5) is 14.3. The summed E-state index contributed by atoms with van der Waals surface area (Å²) in [6.45, 7) is 4.30. The molecule has 1 heterocycles. The van der Waals surface area contributed by atoms with Crippen molar-refractivity contribution in [3.8, 4) is 0 Å². The smallest absolute Gasteiger partial charge is 0.328 e. The molecule has 1 fully saturated rings.